The smallest absolute Gasteiger partial charge is 0.253 e. The summed E-state index contributed by atoms with van der Waals surface area (Å²) < 4.78 is 2.18. The monoisotopic (exact) mass is 540 g/mol. The molecule has 4 aromatic rings. The van der Waals surface area contributed by atoms with E-state index in [1.807, 2.05) is 44.4 Å². The van der Waals surface area contributed by atoms with Gasteiger partial charge in [0.05, 0.1) is 0 Å². The summed E-state index contributed by atoms with van der Waals surface area (Å²) in [7, 11) is 0. The number of amides is 1. The molecule has 8 nitrogen and oxygen atoms in total. The molecular formula is C32H40N6O2. The first-order valence-corrected chi connectivity index (χ1v) is 14.2. The Morgan fingerprint density at radius 2 is 1.73 bits per heavy atom. The van der Waals surface area contributed by atoms with E-state index in [4.69, 9.17) is 4.98 Å². The average molecular weight is 541 g/mol. The van der Waals surface area contributed by atoms with Crippen LogP contribution >= 0.6 is 0 Å². The van der Waals surface area contributed by atoms with E-state index in [9.17, 15) is 9.59 Å². The van der Waals surface area contributed by atoms with Crippen molar-refractivity contribution in [1.29, 1.82) is 0 Å². The molecule has 1 aromatic carbocycles. The molecule has 0 spiro atoms. The number of piperazine rings is 1. The largest absolute Gasteiger partial charge is 0.354 e. The number of aromatic nitrogens is 3. The summed E-state index contributed by atoms with van der Waals surface area (Å²) in [5.74, 6) is 0.774. The zero-order valence-corrected chi connectivity index (χ0v) is 24.4. The number of nitrogens with zero attached hydrogens (tertiary/aromatic N) is 4. The molecule has 1 amide bonds. The number of carbonyl (C=O) groups excluding carboxylic acids is 1. The predicted octanol–water partition coefficient (Wildman–Crippen LogP) is 5.05. The lowest BCUT2D eigenvalue weighted by Gasteiger charge is -2.37. The molecule has 0 atom stereocenters. The maximum Gasteiger partial charge on any atom is 0.253 e. The number of anilines is 1. The van der Waals surface area contributed by atoms with Gasteiger partial charge in [-0.15, -0.1) is 0 Å². The van der Waals surface area contributed by atoms with Gasteiger partial charge in [-0.1, -0.05) is 0 Å². The van der Waals surface area contributed by atoms with E-state index in [1.54, 1.807) is 0 Å². The van der Waals surface area contributed by atoms with Crippen molar-refractivity contribution in [3.05, 3.63) is 81.5 Å². The van der Waals surface area contributed by atoms with E-state index >= 15 is 0 Å². The summed E-state index contributed by atoms with van der Waals surface area (Å²) in [5, 5.41) is 3.88. The van der Waals surface area contributed by atoms with Crippen LogP contribution in [0, 0.1) is 13.8 Å². The molecule has 1 aliphatic rings. The lowest BCUT2D eigenvalue weighted by atomic mass is 10.0. The summed E-state index contributed by atoms with van der Waals surface area (Å²) in [5.41, 5.74) is 5.55. The van der Waals surface area contributed by atoms with Crippen molar-refractivity contribution < 1.29 is 4.79 Å². The first-order chi connectivity index (χ1) is 19.1. The van der Waals surface area contributed by atoms with Crippen molar-refractivity contribution in [3.63, 3.8) is 0 Å². The summed E-state index contributed by atoms with van der Waals surface area (Å²) in [6.45, 7) is 16.7. The molecule has 210 valence electrons. The van der Waals surface area contributed by atoms with E-state index in [0.717, 1.165) is 65.3 Å². The number of fused-ring (bicyclic) bond motifs is 1. The van der Waals surface area contributed by atoms with Gasteiger partial charge in [-0.2, -0.15) is 0 Å². The third-order valence-corrected chi connectivity index (χ3v) is 8.01. The Morgan fingerprint density at radius 1 is 0.975 bits per heavy atom. The van der Waals surface area contributed by atoms with Gasteiger partial charge in [-0.25, -0.2) is 4.98 Å². The molecule has 0 saturated carbocycles. The molecule has 3 aromatic heterocycles. The van der Waals surface area contributed by atoms with Crippen LogP contribution in [0.5, 0.6) is 0 Å². The zero-order valence-electron chi connectivity index (χ0n) is 24.4. The van der Waals surface area contributed by atoms with Crippen molar-refractivity contribution in [2.75, 3.05) is 31.1 Å². The van der Waals surface area contributed by atoms with Crippen molar-refractivity contribution in [1.82, 2.24) is 24.8 Å². The molecule has 1 saturated heterocycles. The molecule has 4 heterocycles. The SMILES string of the molecule is Cc1cc(C)c(CNC(=O)c2cc(-c3ccc(N4CCN(C(C)C)CC4)nc3)cc3c2ccn3C(C)C)c(=O)[nH]1. The maximum atomic E-state index is 13.6. The number of pyridine rings is 2. The van der Waals surface area contributed by atoms with Crippen molar-refractivity contribution >= 4 is 22.6 Å². The molecule has 2 N–H and O–H groups in total. The highest BCUT2D eigenvalue weighted by Crippen LogP contribution is 2.31. The van der Waals surface area contributed by atoms with Gasteiger partial charge in [-0.3, -0.25) is 14.5 Å². The van der Waals surface area contributed by atoms with Crippen molar-refractivity contribution in [2.45, 2.75) is 60.2 Å². The predicted molar refractivity (Wildman–Crippen MR) is 162 cm³/mol. The molecular weight excluding hydrogens is 500 g/mol. The fourth-order valence-electron chi connectivity index (χ4n) is 5.64. The molecule has 0 bridgehead atoms. The molecule has 0 unspecified atom stereocenters. The highest BCUT2D eigenvalue weighted by atomic mass is 16.1. The molecule has 1 aliphatic heterocycles. The zero-order chi connectivity index (χ0) is 28.6. The molecule has 40 heavy (non-hydrogen) atoms. The van der Waals surface area contributed by atoms with Gasteiger partial charge < -0.3 is 19.8 Å². The van der Waals surface area contributed by atoms with Gasteiger partial charge in [0, 0.05) is 90.5 Å². The first kappa shape index (κ1) is 27.6. The minimum atomic E-state index is -0.208. The number of hydrogen-bond acceptors (Lipinski definition) is 5. The number of nitrogens with one attached hydrogen (secondary N) is 2. The lowest BCUT2D eigenvalue weighted by molar-refractivity contribution is 0.0952. The van der Waals surface area contributed by atoms with Crippen LogP contribution in [0.25, 0.3) is 22.0 Å². The minimum Gasteiger partial charge on any atom is -0.354 e. The third-order valence-electron chi connectivity index (χ3n) is 8.01. The fourth-order valence-corrected chi connectivity index (χ4v) is 5.64. The number of benzene rings is 1. The topological polar surface area (TPSA) is 86.3 Å². The summed E-state index contributed by atoms with van der Waals surface area (Å²) in [4.78, 5) is 38.5. The van der Waals surface area contributed by atoms with E-state index in [1.165, 1.54) is 0 Å². The van der Waals surface area contributed by atoms with Crippen LogP contribution in [0.1, 0.15) is 60.9 Å². The van der Waals surface area contributed by atoms with Gasteiger partial charge in [0.1, 0.15) is 5.82 Å². The van der Waals surface area contributed by atoms with Crippen LogP contribution in [-0.2, 0) is 6.54 Å². The van der Waals surface area contributed by atoms with Crippen LogP contribution in [0.2, 0.25) is 0 Å². The maximum absolute atomic E-state index is 13.6. The van der Waals surface area contributed by atoms with Crippen LogP contribution < -0.4 is 15.8 Å². The lowest BCUT2D eigenvalue weighted by Crippen LogP contribution is -2.49. The Labute approximate surface area is 236 Å². The van der Waals surface area contributed by atoms with E-state index < -0.39 is 0 Å². The highest BCUT2D eigenvalue weighted by Gasteiger charge is 2.21. The highest BCUT2D eigenvalue weighted by molar-refractivity contribution is 6.08. The number of aryl methyl sites for hydroxylation is 2. The average Bonchev–Trinajstić information content (AvgIpc) is 3.36. The standard InChI is InChI=1S/C32H40N6O2/c1-20(2)36-11-13-37(14-12-36)30-8-7-24(18-33-30)25-16-27(26-9-10-38(21(3)4)29(26)17-25)31(39)34-19-28-22(5)15-23(6)35-32(28)40/h7-10,15-18,20-21H,11-14,19H2,1-6H3,(H,34,39)(H,35,40). The first-order valence-electron chi connectivity index (χ1n) is 14.2. The van der Waals surface area contributed by atoms with Gasteiger partial charge >= 0.3 is 0 Å². The summed E-state index contributed by atoms with van der Waals surface area (Å²) in [6, 6.07) is 13.0. The van der Waals surface area contributed by atoms with Crippen LogP contribution in [0.4, 0.5) is 5.82 Å². The molecule has 0 radical (unpaired) electrons. The Balaban J connectivity index is 1.44. The van der Waals surface area contributed by atoms with Crippen LogP contribution in [-0.4, -0.2) is 57.6 Å². The minimum absolute atomic E-state index is 0.164. The summed E-state index contributed by atoms with van der Waals surface area (Å²) in [6.07, 6.45) is 3.94. The second kappa shape index (κ2) is 11.3. The number of carbonyl (C=O) groups is 1. The van der Waals surface area contributed by atoms with Crippen molar-refractivity contribution in [3.8, 4) is 11.1 Å². The van der Waals surface area contributed by atoms with E-state index in [-0.39, 0.29) is 24.1 Å². The normalized spacial score (nSPS) is 14.4. The number of rotatable bonds is 7. The Morgan fingerprint density at radius 3 is 2.35 bits per heavy atom. The van der Waals surface area contributed by atoms with Crippen LogP contribution in [0.15, 0.2) is 53.6 Å². The van der Waals surface area contributed by atoms with Gasteiger partial charge in [0.15, 0.2) is 0 Å². The summed E-state index contributed by atoms with van der Waals surface area (Å²) >= 11 is 0. The van der Waals surface area contributed by atoms with Crippen molar-refractivity contribution in [2.24, 2.45) is 0 Å². The number of H-pyrrole nitrogens is 1. The Kier molecular flexibility index (Phi) is 7.81. The van der Waals surface area contributed by atoms with Crippen LogP contribution in [0.3, 0.4) is 0 Å². The van der Waals surface area contributed by atoms with Gasteiger partial charge in [0.2, 0.25) is 0 Å². The second-order valence-corrected chi connectivity index (χ2v) is 11.4. The quantitative estimate of drug-likeness (QED) is 0.343. The van der Waals surface area contributed by atoms with Gasteiger partial charge in [0.25, 0.3) is 11.5 Å². The Bertz CT molecular complexity index is 1570. The van der Waals surface area contributed by atoms with E-state index in [0.29, 0.717) is 17.2 Å². The third kappa shape index (κ3) is 5.54. The molecule has 5 rings (SSSR count). The Hall–Kier alpha value is -3.91. The molecule has 0 aliphatic carbocycles. The number of aromatic amines is 1. The molecule has 1 fully saturated rings. The van der Waals surface area contributed by atoms with E-state index in [2.05, 4.69) is 70.6 Å². The number of hydrogen-bond donors (Lipinski definition) is 2. The fraction of sp³-hybridized carbons (Fsp3) is 0.406. The van der Waals surface area contributed by atoms with Gasteiger partial charge in [-0.05, 0) is 89.1 Å². The molecule has 8 heteroatoms. The second-order valence-electron chi connectivity index (χ2n) is 11.4.